The fourth-order valence-corrected chi connectivity index (χ4v) is 1.78. The van der Waals surface area contributed by atoms with Gasteiger partial charge >= 0.3 is 0 Å². The molecule has 0 saturated heterocycles. The van der Waals surface area contributed by atoms with Crippen molar-refractivity contribution in [1.29, 1.82) is 0 Å². The van der Waals surface area contributed by atoms with Gasteiger partial charge in [-0.05, 0) is 24.3 Å². The quantitative estimate of drug-likeness (QED) is 0.878. The second-order valence-electron chi connectivity index (χ2n) is 4.21. The number of aliphatic hydroxyl groups is 1. The average Bonchev–Trinajstić information content (AvgIpc) is 2.52. The first-order valence-corrected chi connectivity index (χ1v) is 6.38. The molecule has 1 N–H and O–H groups in total. The van der Waals surface area contributed by atoms with Crippen molar-refractivity contribution in [3.8, 4) is 23.3 Å². The van der Waals surface area contributed by atoms with Gasteiger partial charge in [-0.25, -0.2) is 4.39 Å². The molecule has 108 valence electrons. The normalized spacial score (nSPS) is 9.67. The molecule has 0 heterocycles. The molecule has 0 aliphatic heterocycles. The van der Waals surface area contributed by atoms with Crippen molar-refractivity contribution >= 4 is 0 Å². The van der Waals surface area contributed by atoms with E-state index in [0.29, 0.717) is 22.6 Å². The van der Waals surface area contributed by atoms with E-state index >= 15 is 0 Å². The summed E-state index contributed by atoms with van der Waals surface area (Å²) in [6, 6.07) is 11.8. The van der Waals surface area contributed by atoms with Crippen LogP contribution in [0.5, 0.6) is 11.5 Å². The molecule has 0 unspecified atom stereocenters. The van der Waals surface area contributed by atoms with Gasteiger partial charge in [0.15, 0.2) is 11.5 Å². The number of benzene rings is 2. The molecule has 0 aliphatic rings. The van der Waals surface area contributed by atoms with Gasteiger partial charge in [0.2, 0.25) is 0 Å². The second kappa shape index (κ2) is 7.32. The summed E-state index contributed by atoms with van der Waals surface area (Å²) in [6.07, 6.45) is 0. The lowest BCUT2D eigenvalue weighted by Crippen LogP contribution is -2.00. The summed E-state index contributed by atoms with van der Waals surface area (Å²) in [5, 5.41) is 8.61. The van der Waals surface area contributed by atoms with Gasteiger partial charge in [-0.1, -0.05) is 30.0 Å². The molecule has 0 radical (unpaired) electrons. The molecular formula is C17H15FO3. The van der Waals surface area contributed by atoms with Crippen LogP contribution in [-0.4, -0.2) is 18.8 Å². The number of hydrogen-bond acceptors (Lipinski definition) is 3. The third kappa shape index (κ3) is 3.98. The van der Waals surface area contributed by atoms with Crippen molar-refractivity contribution in [1.82, 2.24) is 0 Å². The highest BCUT2D eigenvalue weighted by Gasteiger charge is 2.06. The summed E-state index contributed by atoms with van der Waals surface area (Å²) in [5.74, 6) is 5.89. The zero-order valence-corrected chi connectivity index (χ0v) is 11.6. The van der Waals surface area contributed by atoms with Crippen molar-refractivity contribution in [2.45, 2.75) is 6.61 Å². The summed E-state index contributed by atoms with van der Waals surface area (Å²) in [6.45, 7) is -0.153. The summed E-state index contributed by atoms with van der Waals surface area (Å²) < 4.78 is 24.7. The maximum absolute atomic E-state index is 13.9. The molecule has 4 heteroatoms. The summed E-state index contributed by atoms with van der Waals surface area (Å²) in [4.78, 5) is 0. The highest BCUT2D eigenvalue weighted by atomic mass is 19.1. The van der Waals surface area contributed by atoms with E-state index in [9.17, 15) is 4.39 Å². The van der Waals surface area contributed by atoms with Crippen LogP contribution in [0.4, 0.5) is 4.39 Å². The zero-order valence-electron chi connectivity index (χ0n) is 11.6. The van der Waals surface area contributed by atoms with Gasteiger partial charge in [-0.3, -0.25) is 0 Å². The number of hydrogen-bond donors (Lipinski definition) is 1. The fraction of sp³-hybridized carbons (Fsp3) is 0.176. The van der Waals surface area contributed by atoms with E-state index in [2.05, 4.69) is 11.8 Å². The molecule has 2 aromatic carbocycles. The Morgan fingerprint density at radius 3 is 2.57 bits per heavy atom. The molecule has 0 saturated carbocycles. The second-order valence-corrected chi connectivity index (χ2v) is 4.21. The largest absolute Gasteiger partial charge is 0.493 e. The van der Waals surface area contributed by atoms with Crippen LogP contribution in [0.15, 0.2) is 42.5 Å². The minimum Gasteiger partial charge on any atom is -0.493 e. The molecule has 2 rings (SSSR count). The van der Waals surface area contributed by atoms with Gasteiger partial charge in [0.1, 0.15) is 19.0 Å². The predicted octanol–water partition coefficient (Wildman–Crippen LogP) is 2.76. The minimum atomic E-state index is -0.394. The molecule has 3 nitrogen and oxygen atoms in total. The Hall–Kier alpha value is -2.51. The van der Waals surface area contributed by atoms with Crippen LogP contribution in [-0.2, 0) is 6.61 Å². The molecule has 0 bridgehead atoms. The van der Waals surface area contributed by atoms with Crippen molar-refractivity contribution in [2.75, 3.05) is 13.7 Å². The number of ether oxygens (including phenoxy) is 2. The first-order chi connectivity index (χ1) is 10.2. The first kappa shape index (κ1) is 14.9. The smallest absolute Gasteiger partial charge is 0.161 e. The van der Waals surface area contributed by atoms with Crippen LogP contribution in [0.3, 0.4) is 0 Å². The predicted molar refractivity (Wildman–Crippen MR) is 77.7 cm³/mol. The van der Waals surface area contributed by atoms with Gasteiger partial charge in [0.25, 0.3) is 0 Å². The van der Waals surface area contributed by atoms with Gasteiger partial charge < -0.3 is 14.6 Å². The van der Waals surface area contributed by atoms with E-state index in [4.69, 9.17) is 14.6 Å². The Bertz CT molecular complexity index is 671. The monoisotopic (exact) mass is 286 g/mol. The molecule has 2 aromatic rings. The average molecular weight is 286 g/mol. The lowest BCUT2D eigenvalue weighted by molar-refractivity contribution is 0.279. The Morgan fingerprint density at radius 1 is 1.14 bits per heavy atom. The van der Waals surface area contributed by atoms with E-state index in [1.807, 2.05) is 12.1 Å². The van der Waals surface area contributed by atoms with Crippen molar-refractivity contribution in [3.63, 3.8) is 0 Å². The lowest BCUT2D eigenvalue weighted by Gasteiger charge is -2.10. The molecule has 21 heavy (non-hydrogen) atoms. The number of rotatable bonds is 4. The summed E-state index contributed by atoms with van der Waals surface area (Å²) in [5.41, 5.74) is 0.943. The van der Waals surface area contributed by atoms with Crippen LogP contribution in [0.2, 0.25) is 0 Å². The van der Waals surface area contributed by atoms with E-state index in [1.165, 1.54) is 6.07 Å². The Balaban J connectivity index is 2.10. The number of methoxy groups -OCH3 is 1. The highest BCUT2D eigenvalue weighted by Crippen LogP contribution is 2.26. The Labute approximate surface area is 122 Å². The minimum absolute atomic E-state index is 0.0971. The summed E-state index contributed by atoms with van der Waals surface area (Å²) >= 11 is 0. The summed E-state index contributed by atoms with van der Waals surface area (Å²) in [7, 11) is 1.55. The maximum atomic E-state index is 13.9. The van der Waals surface area contributed by atoms with Gasteiger partial charge in [-0.15, -0.1) is 0 Å². The van der Waals surface area contributed by atoms with Crippen LogP contribution in [0.1, 0.15) is 11.1 Å². The molecule has 0 atom stereocenters. The zero-order chi connectivity index (χ0) is 15.1. The van der Waals surface area contributed by atoms with Crippen LogP contribution >= 0.6 is 0 Å². The first-order valence-electron chi connectivity index (χ1n) is 6.38. The number of para-hydroxylation sites is 2. The molecular weight excluding hydrogens is 271 g/mol. The Morgan fingerprint density at radius 2 is 1.90 bits per heavy atom. The van der Waals surface area contributed by atoms with Crippen molar-refractivity contribution in [3.05, 3.63) is 59.4 Å². The number of aliphatic hydroxyl groups excluding tert-OH is 1. The van der Waals surface area contributed by atoms with Crippen molar-refractivity contribution in [2.24, 2.45) is 0 Å². The number of halogens is 1. The molecule has 0 aliphatic carbocycles. The molecule has 0 aromatic heterocycles. The third-order valence-electron chi connectivity index (χ3n) is 2.82. The van der Waals surface area contributed by atoms with Crippen LogP contribution in [0.25, 0.3) is 0 Å². The third-order valence-corrected chi connectivity index (χ3v) is 2.82. The van der Waals surface area contributed by atoms with Crippen LogP contribution in [0, 0.1) is 17.7 Å². The topological polar surface area (TPSA) is 38.7 Å². The van der Waals surface area contributed by atoms with Gasteiger partial charge in [-0.2, -0.15) is 0 Å². The Kier molecular flexibility index (Phi) is 5.19. The fourth-order valence-electron chi connectivity index (χ4n) is 1.78. The molecule has 0 spiro atoms. The maximum Gasteiger partial charge on any atom is 0.161 e. The lowest BCUT2D eigenvalue weighted by atomic mass is 10.1. The highest BCUT2D eigenvalue weighted by molar-refractivity contribution is 5.40. The molecule has 0 amide bonds. The van der Waals surface area contributed by atoms with Gasteiger partial charge in [0.05, 0.1) is 7.11 Å². The van der Waals surface area contributed by atoms with E-state index in [0.717, 1.165) is 0 Å². The van der Waals surface area contributed by atoms with E-state index < -0.39 is 5.82 Å². The van der Waals surface area contributed by atoms with Gasteiger partial charge in [0, 0.05) is 11.1 Å². The van der Waals surface area contributed by atoms with Crippen molar-refractivity contribution < 1.29 is 19.0 Å². The standard InChI is InChI=1S/C17H15FO3/c1-20-16-6-2-3-7-17(16)21-12-14-9-8-13(5-4-10-19)11-15(14)18/h2-3,6-9,11,19H,10,12H2,1H3. The van der Waals surface area contributed by atoms with E-state index in [1.54, 1.807) is 31.4 Å². The van der Waals surface area contributed by atoms with Crippen LogP contribution < -0.4 is 9.47 Å². The van der Waals surface area contributed by atoms with E-state index in [-0.39, 0.29) is 13.2 Å². The SMILES string of the molecule is COc1ccccc1OCc1ccc(C#CCO)cc1F. The molecule has 0 fully saturated rings.